The zero-order chi connectivity index (χ0) is 13.9. The first kappa shape index (κ1) is 17.1. The van der Waals surface area contributed by atoms with Crippen molar-refractivity contribution < 1.29 is 4.79 Å². The average Bonchev–Trinajstić information content (AvgIpc) is 2.72. The minimum absolute atomic E-state index is 0. The molecule has 1 aliphatic heterocycles. The Morgan fingerprint density at radius 1 is 0.952 bits per heavy atom. The van der Waals surface area contributed by atoms with E-state index in [-0.39, 0.29) is 12.4 Å². The Balaban J connectivity index is 0.00000161. The summed E-state index contributed by atoms with van der Waals surface area (Å²) in [4.78, 5) is 14.7. The normalized spacial score (nSPS) is 34.0. The lowest BCUT2D eigenvalue weighted by atomic mass is 9.78. The Morgan fingerprint density at radius 3 is 2.33 bits per heavy atom. The van der Waals surface area contributed by atoms with E-state index in [1.165, 1.54) is 51.4 Å². The number of rotatable bonds is 2. The van der Waals surface area contributed by atoms with Gasteiger partial charge in [0, 0.05) is 25.6 Å². The second kappa shape index (κ2) is 7.82. The predicted octanol–water partition coefficient (Wildman–Crippen LogP) is 3.35. The van der Waals surface area contributed by atoms with Crippen LogP contribution in [-0.2, 0) is 4.79 Å². The van der Waals surface area contributed by atoms with Crippen LogP contribution in [0.5, 0.6) is 0 Å². The van der Waals surface area contributed by atoms with Crippen LogP contribution in [0, 0.1) is 17.8 Å². The molecular formula is C17H31ClN2O. The van der Waals surface area contributed by atoms with Gasteiger partial charge in [-0.1, -0.05) is 32.1 Å². The first-order chi connectivity index (χ1) is 9.74. The van der Waals surface area contributed by atoms with Gasteiger partial charge in [-0.05, 0) is 43.4 Å². The number of hydrogen-bond donors (Lipinski definition) is 1. The van der Waals surface area contributed by atoms with Gasteiger partial charge < -0.3 is 10.6 Å². The summed E-state index contributed by atoms with van der Waals surface area (Å²) in [6, 6.07) is 0.337. The summed E-state index contributed by atoms with van der Waals surface area (Å²) in [7, 11) is 0. The van der Waals surface area contributed by atoms with Gasteiger partial charge in [0.25, 0.3) is 0 Å². The lowest BCUT2D eigenvalue weighted by Crippen LogP contribution is -2.38. The molecule has 0 aromatic heterocycles. The van der Waals surface area contributed by atoms with Crippen LogP contribution in [0.15, 0.2) is 0 Å². The number of hydrogen-bond acceptors (Lipinski definition) is 2. The maximum Gasteiger partial charge on any atom is 0.222 e. The zero-order valence-corrected chi connectivity index (χ0v) is 14.0. The van der Waals surface area contributed by atoms with Crippen LogP contribution in [0.4, 0.5) is 0 Å². The molecule has 2 aliphatic carbocycles. The van der Waals surface area contributed by atoms with Gasteiger partial charge in [-0.3, -0.25) is 4.79 Å². The molecule has 3 unspecified atom stereocenters. The summed E-state index contributed by atoms with van der Waals surface area (Å²) < 4.78 is 0. The van der Waals surface area contributed by atoms with Crippen molar-refractivity contribution in [3.05, 3.63) is 0 Å². The van der Waals surface area contributed by atoms with E-state index in [0.29, 0.717) is 29.7 Å². The van der Waals surface area contributed by atoms with Gasteiger partial charge in [-0.25, -0.2) is 0 Å². The number of fused-ring (bicyclic) bond motifs is 1. The minimum atomic E-state index is 0. The maximum absolute atomic E-state index is 12.6. The summed E-state index contributed by atoms with van der Waals surface area (Å²) in [6.45, 7) is 1.93. The smallest absolute Gasteiger partial charge is 0.222 e. The van der Waals surface area contributed by atoms with E-state index >= 15 is 0 Å². The fourth-order valence-electron chi connectivity index (χ4n) is 4.66. The molecule has 3 nitrogen and oxygen atoms in total. The fourth-order valence-corrected chi connectivity index (χ4v) is 4.66. The fraction of sp³-hybridized carbons (Fsp3) is 0.941. The standard InChI is InChI=1S/C17H30N2O.ClH/c18-16-9-5-8-14-11-19(12-15(14)16)17(20)10-13-6-3-1-2-4-7-13;/h13-16H,1-12,18H2;1H. The van der Waals surface area contributed by atoms with Crippen molar-refractivity contribution in [3.63, 3.8) is 0 Å². The summed E-state index contributed by atoms with van der Waals surface area (Å²) >= 11 is 0. The number of halogens is 1. The van der Waals surface area contributed by atoms with Crippen LogP contribution in [0.2, 0.25) is 0 Å². The van der Waals surface area contributed by atoms with Crippen molar-refractivity contribution in [2.75, 3.05) is 13.1 Å². The Kier molecular flexibility index (Phi) is 6.36. The second-order valence-corrected chi connectivity index (χ2v) is 7.38. The molecule has 21 heavy (non-hydrogen) atoms. The molecule has 122 valence electrons. The topological polar surface area (TPSA) is 46.3 Å². The molecule has 3 atom stereocenters. The van der Waals surface area contributed by atoms with E-state index in [4.69, 9.17) is 5.73 Å². The molecule has 0 radical (unpaired) electrons. The first-order valence-electron chi connectivity index (χ1n) is 8.77. The highest BCUT2D eigenvalue weighted by Gasteiger charge is 2.40. The monoisotopic (exact) mass is 314 g/mol. The number of nitrogens with zero attached hydrogens (tertiary/aromatic N) is 1. The molecule has 0 spiro atoms. The largest absolute Gasteiger partial charge is 0.342 e. The molecule has 2 saturated carbocycles. The molecule has 3 fully saturated rings. The number of carbonyl (C=O) groups excluding carboxylic acids is 1. The Labute approximate surface area is 135 Å². The van der Waals surface area contributed by atoms with Gasteiger partial charge in [-0.15, -0.1) is 12.4 Å². The van der Waals surface area contributed by atoms with Crippen molar-refractivity contribution in [1.29, 1.82) is 0 Å². The summed E-state index contributed by atoms with van der Waals surface area (Å²) in [5.41, 5.74) is 6.25. The first-order valence-corrected chi connectivity index (χ1v) is 8.77. The van der Waals surface area contributed by atoms with Crippen LogP contribution in [0.1, 0.15) is 64.2 Å². The third-order valence-electron chi connectivity index (χ3n) is 5.94. The molecular weight excluding hydrogens is 284 g/mol. The molecule has 1 saturated heterocycles. The molecule has 1 amide bonds. The number of amides is 1. The van der Waals surface area contributed by atoms with E-state index < -0.39 is 0 Å². The van der Waals surface area contributed by atoms with Crippen molar-refractivity contribution in [2.45, 2.75) is 70.3 Å². The Morgan fingerprint density at radius 2 is 1.67 bits per heavy atom. The van der Waals surface area contributed by atoms with E-state index in [1.807, 2.05) is 0 Å². The van der Waals surface area contributed by atoms with Crippen molar-refractivity contribution >= 4 is 18.3 Å². The van der Waals surface area contributed by atoms with Gasteiger partial charge in [0.15, 0.2) is 0 Å². The Hall–Kier alpha value is -0.280. The number of nitrogens with two attached hydrogens (primary N) is 1. The van der Waals surface area contributed by atoms with Gasteiger partial charge in [0.1, 0.15) is 0 Å². The highest BCUT2D eigenvalue weighted by atomic mass is 35.5. The molecule has 0 aromatic carbocycles. The van der Waals surface area contributed by atoms with Crippen LogP contribution >= 0.6 is 12.4 Å². The second-order valence-electron chi connectivity index (χ2n) is 7.38. The molecule has 0 bridgehead atoms. The lowest BCUT2D eigenvalue weighted by Gasteiger charge is -2.29. The Bertz CT molecular complexity index is 342. The third kappa shape index (κ3) is 4.13. The van der Waals surface area contributed by atoms with Crippen LogP contribution in [0.3, 0.4) is 0 Å². The van der Waals surface area contributed by atoms with Crippen molar-refractivity contribution in [3.8, 4) is 0 Å². The highest BCUT2D eigenvalue weighted by Crippen LogP contribution is 2.36. The number of carbonyl (C=O) groups is 1. The van der Waals surface area contributed by atoms with Crippen LogP contribution < -0.4 is 5.73 Å². The quantitative estimate of drug-likeness (QED) is 0.794. The van der Waals surface area contributed by atoms with Crippen molar-refractivity contribution in [2.24, 2.45) is 23.5 Å². The molecule has 2 N–H and O–H groups in total. The average molecular weight is 315 g/mol. The zero-order valence-electron chi connectivity index (χ0n) is 13.1. The van der Waals surface area contributed by atoms with Crippen LogP contribution in [-0.4, -0.2) is 29.9 Å². The predicted molar refractivity (Wildman–Crippen MR) is 88.4 cm³/mol. The third-order valence-corrected chi connectivity index (χ3v) is 5.94. The van der Waals surface area contributed by atoms with Gasteiger partial charge in [-0.2, -0.15) is 0 Å². The SMILES string of the molecule is Cl.NC1CCCC2CN(C(=O)CC3CCCCCC3)CC12. The van der Waals surface area contributed by atoms with E-state index in [2.05, 4.69) is 4.90 Å². The molecule has 0 aromatic rings. The maximum atomic E-state index is 12.6. The summed E-state index contributed by atoms with van der Waals surface area (Å²) in [5, 5.41) is 0. The summed E-state index contributed by atoms with van der Waals surface area (Å²) in [5.74, 6) is 2.35. The molecule has 3 aliphatic rings. The van der Waals surface area contributed by atoms with Gasteiger partial charge >= 0.3 is 0 Å². The highest BCUT2D eigenvalue weighted by molar-refractivity contribution is 5.85. The van der Waals surface area contributed by atoms with Crippen LogP contribution in [0.25, 0.3) is 0 Å². The van der Waals surface area contributed by atoms with E-state index in [1.54, 1.807) is 0 Å². The van der Waals surface area contributed by atoms with Crippen molar-refractivity contribution in [1.82, 2.24) is 4.90 Å². The van der Waals surface area contributed by atoms with Gasteiger partial charge in [0.05, 0.1) is 0 Å². The summed E-state index contributed by atoms with van der Waals surface area (Å²) in [6.07, 6.45) is 12.4. The van der Waals surface area contributed by atoms with E-state index in [0.717, 1.165) is 25.9 Å². The van der Waals surface area contributed by atoms with E-state index in [9.17, 15) is 4.79 Å². The molecule has 4 heteroatoms. The molecule has 3 rings (SSSR count). The van der Waals surface area contributed by atoms with Gasteiger partial charge in [0.2, 0.25) is 5.91 Å². The minimum Gasteiger partial charge on any atom is -0.342 e. The number of likely N-dealkylation sites (tertiary alicyclic amines) is 1. The molecule has 1 heterocycles. The lowest BCUT2D eigenvalue weighted by molar-refractivity contribution is -0.131.